The van der Waals surface area contributed by atoms with Crippen molar-refractivity contribution >= 4 is 14.1 Å². The van der Waals surface area contributed by atoms with Crippen LogP contribution in [0.25, 0.3) is 0 Å². The number of allylic oxidation sites excluding steroid dienone is 2. The van der Waals surface area contributed by atoms with E-state index < -0.39 is 20.6 Å². The van der Waals surface area contributed by atoms with Crippen LogP contribution < -0.4 is 0 Å². The zero-order valence-corrected chi connectivity index (χ0v) is 14.6. The van der Waals surface area contributed by atoms with E-state index in [0.29, 0.717) is 18.4 Å². The van der Waals surface area contributed by atoms with Gasteiger partial charge >= 0.3 is 0 Å². The van der Waals surface area contributed by atoms with E-state index in [1.165, 1.54) is 0 Å². The molecule has 0 spiro atoms. The molecule has 0 radical (unpaired) electrons. The summed E-state index contributed by atoms with van der Waals surface area (Å²) in [7, 11) is -2.10. The zero-order chi connectivity index (χ0) is 18.2. The van der Waals surface area contributed by atoms with Crippen LogP contribution in [0.3, 0.4) is 0 Å². The number of rotatable bonds is 4. The van der Waals surface area contributed by atoms with Crippen molar-refractivity contribution in [2.45, 2.75) is 71.9 Å². The van der Waals surface area contributed by atoms with Gasteiger partial charge in [-0.25, -0.2) is 0 Å². The van der Waals surface area contributed by atoms with E-state index in [-0.39, 0.29) is 17.5 Å². The fourth-order valence-electron chi connectivity index (χ4n) is 3.26. The molecule has 2 nitrogen and oxygen atoms in total. The molecule has 0 heterocycles. The highest BCUT2D eigenvalue weighted by Gasteiger charge is 2.60. The molecule has 2 rings (SSSR count). The first-order valence-electron chi connectivity index (χ1n) is 9.49. The summed E-state index contributed by atoms with van der Waals surface area (Å²) < 4.78 is 29.7. The van der Waals surface area contributed by atoms with Gasteiger partial charge in [0.25, 0.3) is 0 Å². The van der Waals surface area contributed by atoms with Gasteiger partial charge in [-0.3, -0.25) is 4.79 Å². The van der Waals surface area contributed by atoms with Gasteiger partial charge in [-0.15, -0.1) is 5.92 Å². The second-order valence-electron chi connectivity index (χ2n) is 7.10. The monoisotopic (exact) mass is 307 g/mol. The Kier molecular flexibility index (Phi) is 3.58. The maximum atomic E-state index is 12.5. The zero-order valence-electron chi connectivity index (χ0n) is 16.6. The fraction of sp³-hybridized carbons (Fsp3) is 0.722. The van der Waals surface area contributed by atoms with Gasteiger partial charge in [0.2, 0.25) is 8.32 Å². The summed E-state index contributed by atoms with van der Waals surface area (Å²) in [6.45, 7) is 5.67. The second-order valence-corrected chi connectivity index (χ2v) is 11.5. The number of Topliss-reactive ketones (excluding diaryl/α,β-unsaturated/α-hetero) is 1. The minimum atomic E-state index is -2.33. The average Bonchev–Trinajstić information content (AvgIpc) is 2.72. The van der Waals surface area contributed by atoms with Crippen molar-refractivity contribution in [2.75, 3.05) is 0 Å². The van der Waals surface area contributed by atoms with Gasteiger partial charge in [-0.2, -0.15) is 0 Å². The molecule has 0 aromatic heterocycles. The molecule has 0 unspecified atom stereocenters. The first-order valence-corrected chi connectivity index (χ1v) is 11.4. The maximum absolute atomic E-state index is 12.5. The Morgan fingerprint density at radius 2 is 2.29 bits per heavy atom. The van der Waals surface area contributed by atoms with E-state index in [9.17, 15) is 4.79 Å². The van der Waals surface area contributed by atoms with Gasteiger partial charge in [-0.1, -0.05) is 19.3 Å². The van der Waals surface area contributed by atoms with Gasteiger partial charge in [-0.05, 0) is 57.2 Å². The number of hydrogen-bond acceptors (Lipinski definition) is 2. The molecule has 2 saturated carbocycles. The Hall–Kier alpha value is -1.01. The highest BCUT2D eigenvalue weighted by atomic mass is 28.4. The summed E-state index contributed by atoms with van der Waals surface area (Å²) >= 11 is 0. The summed E-state index contributed by atoms with van der Waals surface area (Å²) in [6.07, 6.45) is 4.77. The summed E-state index contributed by atoms with van der Waals surface area (Å²) in [6, 6.07) is 0. The lowest BCUT2D eigenvalue weighted by Crippen LogP contribution is -2.47. The molecule has 0 aromatic rings. The van der Waals surface area contributed by atoms with Crippen molar-refractivity contribution < 1.29 is 13.3 Å². The molecule has 116 valence electrons. The highest BCUT2D eigenvalue weighted by molar-refractivity contribution is 6.70. The largest absolute Gasteiger partial charge is 0.548 e. The highest BCUT2D eigenvalue weighted by Crippen LogP contribution is 2.58. The van der Waals surface area contributed by atoms with Crippen molar-refractivity contribution in [3.63, 3.8) is 0 Å². The normalized spacial score (nSPS) is 32.9. The molecule has 2 fully saturated rings. The summed E-state index contributed by atoms with van der Waals surface area (Å²) in [5, 5.41) is 0. The maximum Gasteiger partial charge on any atom is 0.241 e. The molecule has 2 atom stereocenters. The van der Waals surface area contributed by atoms with Gasteiger partial charge in [0.15, 0.2) is 5.78 Å². The summed E-state index contributed by atoms with van der Waals surface area (Å²) in [4.78, 5) is 12.5. The Labute approximate surface area is 134 Å². The van der Waals surface area contributed by atoms with E-state index >= 15 is 0 Å². The molecule has 3 heteroatoms. The quantitative estimate of drug-likeness (QED) is 0.326. The van der Waals surface area contributed by atoms with Crippen LogP contribution in [0.4, 0.5) is 0 Å². The van der Waals surface area contributed by atoms with Gasteiger partial charge in [0.05, 0.1) is 5.76 Å². The number of unbranched alkanes of at least 4 members (excludes halogenated alkanes) is 2. The number of hydrogen-bond donors (Lipinski definition) is 0. The minimum absolute atomic E-state index is 0.0574. The smallest absolute Gasteiger partial charge is 0.241 e. The Bertz CT molecular complexity index is 604. The third-order valence-electron chi connectivity index (χ3n) is 4.33. The lowest BCUT2D eigenvalue weighted by molar-refractivity contribution is -0.135. The molecule has 0 N–H and O–H groups in total. The predicted molar refractivity (Wildman–Crippen MR) is 89.2 cm³/mol. The molecule has 0 amide bonds. The molecule has 2 aliphatic carbocycles. The van der Waals surface area contributed by atoms with E-state index in [1.807, 2.05) is 19.6 Å². The van der Waals surface area contributed by atoms with E-state index in [4.69, 9.17) is 8.54 Å². The summed E-state index contributed by atoms with van der Waals surface area (Å²) in [5.74, 6) is 6.64. The molecule has 0 bridgehead atoms. The van der Waals surface area contributed by atoms with Crippen LogP contribution in [0.5, 0.6) is 0 Å². The van der Waals surface area contributed by atoms with Crippen molar-refractivity contribution in [1.82, 2.24) is 0 Å². The second kappa shape index (κ2) is 6.00. The Morgan fingerprint density at radius 1 is 1.52 bits per heavy atom. The van der Waals surface area contributed by atoms with Crippen molar-refractivity contribution in [3.8, 4) is 11.8 Å². The molecular weight excluding hydrogens is 276 g/mol. The van der Waals surface area contributed by atoms with E-state index in [2.05, 4.69) is 18.8 Å². The standard InChI is InChI=1S/C18H28O2Si/c1-6-7-8-9-12-18-15(13-17(18)19)10-11-16(18)14(2)20-21(3,4)5/h15H,6-8,10-11,13H2,1-5H3/b16-14+/t15-,18+/m0/s1/i2D3. The number of fused-ring (bicyclic) bond motifs is 1. The number of ketones is 1. The molecule has 0 aliphatic heterocycles. The topological polar surface area (TPSA) is 26.3 Å². The minimum Gasteiger partial charge on any atom is -0.548 e. The van der Waals surface area contributed by atoms with Gasteiger partial charge < -0.3 is 4.43 Å². The Morgan fingerprint density at radius 3 is 2.86 bits per heavy atom. The van der Waals surface area contributed by atoms with Crippen LogP contribution in [0, 0.1) is 23.2 Å². The van der Waals surface area contributed by atoms with Crippen LogP contribution in [0.2, 0.25) is 19.6 Å². The van der Waals surface area contributed by atoms with Crippen LogP contribution in [0.1, 0.15) is 56.4 Å². The summed E-state index contributed by atoms with van der Waals surface area (Å²) in [5.41, 5.74) is -0.230. The van der Waals surface area contributed by atoms with Crippen molar-refractivity contribution in [1.29, 1.82) is 0 Å². The average molecular weight is 308 g/mol. The van der Waals surface area contributed by atoms with E-state index in [0.717, 1.165) is 25.7 Å². The van der Waals surface area contributed by atoms with Gasteiger partial charge in [0, 0.05) is 17.0 Å². The first-order chi connectivity index (χ1) is 11.0. The van der Waals surface area contributed by atoms with Gasteiger partial charge in [0.1, 0.15) is 5.41 Å². The van der Waals surface area contributed by atoms with Crippen LogP contribution in [-0.4, -0.2) is 14.1 Å². The molecule has 0 aromatic carbocycles. The first kappa shape index (κ1) is 12.5. The SMILES string of the molecule is [2H]C([2H])([2H])/C(O[Si](C)(C)C)=C1/CC[C@H]2CC(=O)[C@@]12C#CCCCC. The number of carbonyl (C=O) groups excluding carboxylic acids is 1. The lowest BCUT2D eigenvalue weighted by Gasteiger charge is -2.40. The van der Waals surface area contributed by atoms with Crippen molar-refractivity contribution in [3.05, 3.63) is 11.3 Å². The van der Waals surface area contributed by atoms with Crippen molar-refractivity contribution in [2.24, 2.45) is 11.3 Å². The molecule has 0 saturated heterocycles. The third kappa shape index (κ3) is 3.11. The van der Waals surface area contributed by atoms with E-state index in [1.54, 1.807) is 0 Å². The van der Waals surface area contributed by atoms with Crippen LogP contribution in [0.15, 0.2) is 11.3 Å². The molecule has 2 aliphatic rings. The molecule has 21 heavy (non-hydrogen) atoms. The molecular formula is C18H28O2Si. The van der Waals surface area contributed by atoms with Crippen LogP contribution >= 0.6 is 0 Å². The predicted octanol–water partition coefficient (Wildman–Crippen LogP) is 4.67. The fourth-order valence-corrected chi connectivity index (χ4v) is 3.99. The third-order valence-corrected chi connectivity index (χ3v) is 5.14. The Balaban J connectivity index is 2.50. The number of carbonyl (C=O) groups is 1. The lowest BCUT2D eigenvalue weighted by atomic mass is 9.59. The van der Waals surface area contributed by atoms with Crippen LogP contribution in [-0.2, 0) is 9.22 Å².